The lowest BCUT2D eigenvalue weighted by Gasteiger charge is -2.04. The number of aromatic nitrogens is 1. The van der Waals surface area contributed by atoms with Crippen molar-refractivity contribution in [2.24, 2.45) is 0 Å². The number of hydrogen-bond acceptors (Lipinski definition) is 2. The number of rotatable bonds is 3. The first-order chi connectivity index (χ1) is 9.64. The van der Waals surface area contributed by atoms with Gasteiger partial charge in [-0.25, -0.2) is 8.42 Å². The van der Waals surface area contributed by atoms with Crippen LogP contribution in [0.4, 0.5) is 0 Å². The van der Waals surface area contributed by atoms with Gasteiger partial charge in [-0.3, -0.25) is 0 Å². The number of fused-ring (bicyclic) bond motifs is 1. The number of benzene rings is 2. The van der Waals surface area contributed by atoms with Crippen LogP contribution in [0.5, 0.6) is 0 Å². The van der Waals surface area contributed by atoms with Gasteiger partial charge in [0.05, 0.1) is 9.79 Å². The third-order valence-electron chi connectivity index (χ3n) is 3.26. The molecule has 0 saturated carbocycles. The molecule has 3 rings (SSSR count). The van der Waals surface area contributed by atoms with Gasteiger partial charge < -0.3 is 4.98 Å². The molecule has 1 heterocycles. The van der Waals surface area contributed by atoms with Gasteiger partial charge in [0.15, 0.2) is 0 Å². The molecule has 3 nitrogen and oxygen atoms in total. The van der Waals surface area contributed by atoms with Crippen LogP contribution in [0, 0.1) is 0 Å². The summed E-state index contributed by atoms with van der Waals surface area (Å²) in [7, 11) is -3.53. The molecule has 0 aliphatic carbocycles. The van der Waals surface area contributed by atoms with Crippen LogP contribution in [-0.2, 0) is 9.84 Å². The Morgan fingerprint density at radius 1 is 1.00 bits per heavy atom. The van der Waals surface area contributed by atoms with Crippen LogP contribution in [0.15, 0.2) is 71.1 Å². The molecule has 0 aliphatic heterocycles. The van der Waals surface area contributed by atoms with E-state index in [-0.39, 0.29) is 4.90 Å². The van der Waals surface area contributed by atoms with Gasteiger partial charge in [-0.2, -0.15) is 0 Å². The van der Waals surface area contributed by atoms with E-state index in [0.717, 1.165) is 11.1 Å². The Labute approximate surface area is 117 Å². The highest BCUT2D eigenvalue weighted by molar-refractivity contribution is 7.91. The summed E-state index contributed by atoms with van der Waals surface area (Å²) in [5.41, 5.74) is 1.59. The molecule has 2 aromatic carbocycles. The standard InChI is InChI=1S/C16H13NO2S/c1-2-12-7-6-10-14-16(12)15(11-17-14)20(18,19)13-8-4-3-5-9-13/h2-11,17H,1H2. The SMILES string of the molecule is C=Cc1cccc2[nH]cc(S(=O)(=O)c3ccccc3)c12. The molecular formula is C16H13NO2S. The Morgan fingerprint density at radius 3 is 2.45 bits per heavy atom. The second-order valence-corrected chi connectivity index (χ2v) is 6.36. The Bertz CT molecular complexity index is 877. The summed E-state index contributed by atoms with van der Waals surface area (Å²) in [6, 6.07) is 14.0. The van der Waals surface area contributed by atoms with Crippen molar-refractivity contribution in [1.29, 1.82) is 0 Å². The second kappa shape index (κ2) is 4.65. The Morgan fingerprint density at radius 2 is 1.75 bits per heavy atom. The molecule has 0 radical (unpaired) electrons. The molecule has 20 heavy (non-hydrogen) atoms. The number of hydrogen-bond donors (Lipinski definition) is 1. The molecule has 0 unspecified atom stereocenters. The number of sulfone groups is 1. The lowest BCUT2D eigenvalue weighted by molar-refractivity contribution is 0.597. The van der Waals surface area contributed by atoms with Crippen LogP contribution >= 0.6 is 0 Å². The van der Waals surface area contributed by atoms with Crippen molar-refractivity contribution in [2.45, 2.75) is 9.79 Å². The molecule has 0 saturated heterocycles. The minimum Gasteiger partial charge on any atom is -0.360 e. The first-order valence-corrected chi connectivity index (χ1v) is 7.65. The van der Waals surface area contributed by atoms with Gasteiger partial charge in [-0.15, -0.1) is 0 Å². The summed E-state index contributed by atoms with van der Waals surface area (Å²) in [6.07, 6.45) is 3.21. The minimum absolute atomic E-state index is 0.286. The van der Waals surface area contributed by atoms with Crippen LogP contribution in [0.1, 0.15) is 5.56 Å². The Hall–Kier alpha value is -2.33. The second-order valence-electron chi connectivity index (χ2n) is 4.44. The van der Waals surface area contributed by atoms with E-state index in [0.29, 0.717) is 10.3 Å². The van der Waals surface area contributed by atoms with Crippen LogP contribution in [0.2, 0.25) is 0 Å². The molecule has 0 atom stereocenters. The zero-order valence-electron chi connectivity index (χ0n) is 10.7. The first kappa shape index (κ1) is 12.7. The number of nitrogens with one attached hydrogen (secondary N) is 1. The van der Waals surface area contributed by atoms with E-state index in [1.165, 1.54) is 0 Å². The summed E-state index contributed by atoms with van der Waals surface area (Å²) in [5, 5.41) is 0.686. The van der Waals surface area contributed by atoms with Crippen LogP contribution in [0.25, 0.3) is 17.0 Å². The molecule has 0 aliphatic rings. The van der Waals surface area contributed by atoms with Crippen LogP contribution in [0.3, 0.4) is 0 Å². The van der Waals surface area contributed by atoms with Gasteiger partial charge in [0.2, 0.25) is 9.84 Å². The number of H-pyrrole nitrogens is 1. The smallest absolute Gasteiger partial charge is 0.208 e. The average Bonchev–Trinajstić information content (AvgIpc) is 2.92. The summed E-state index contributed by atoms with van der Waals surface area (Å²) >= 11 is 0. The zero-order chi connectivity index (χ0) is 14.2. The third kappa shape index (κ3) is 1.85. The maximum atomic E-state index is 12.7. The Balaban J connectivity index is 2.33. The van der Waals surface area contributed by atoms with E-state index in [1.54, 1.807) is 42.6 Å². The van der Waals surface area contributed by atoms with Gasteiger partial charge >= 0.3 is 0 Å². The minimum atomic E-state index is -3.53. The van der Waals surface area contributed by atoms with E-state index >= 15 is 0 Å². The molecule has 100 valence electrons. The van der Waals surface area contributed by atoms with E-state index in [4.69, 9.17) is 0 Å². The maximum Gasteiger partial charge on any atom is 0.208 e. The van der Waals surface area contributed by atoms with Gasteiger partial charge in [0, 0.05) is 17.1 Å². The van der Waals surface area contributed by atoms with E-state index < -0.39 is 9.84 Å². The largest absolute Gasteiger partial charge is 0.360 e. The zero-order valence-corrected chi connectivity index (χ0v) is 11.5. The van der Waals surface area contributed by atoms with Crippen LogP contribution in [-0.4, -0.2) is 13.4 Å². The Kier molecular flexibility index (Phi) is 2.95. The maximum absolute atomic E-state index is 12.7. The quantitative estimate of drug-likeness (QED) is 0.797. The van der Waals surface area contributed by atoms with Crippen molar-refractivity contribution >= 4 is 26.8 Å². The summed E-state index contributed by atoms with van der Waals surface area (Å²) in [5.74, 6) is 0. The molecule has 0 bridgehead atoms. The van der Waals surface area contributed by atoms with E-state index in [9.17, 15) is 8.42 Å². The van der Waals surface area contributed by atoms with Crippen molar-refractivity contribution in [1.82, 2.24) is 4.98 Å². The van der Waals surface area contributed by atoms with Crippen molar-refractivity contribution in [2.75, 3.05) is 0 Å². The fraction of sp³-hybridized carbons (Fsp3) is 0. The topological polar surface area (TPSA) is 49.9 Å². The molecule has 1 aromatic heterocycles. The van der Waals surface area contributed by atoms with Crippen molar-refractivity contribution < 1.29 is 8.42 Å². The predicted octanol–water partition coefficient (Wildman–Crippen LogP) is 3.64. The molecule has 4 heteroatoms. The molecule has 3 aromatic rings. The van der Waals surface area contributed by atoms with Crippen molar-refractivity contribution in [3.8, 4) is 0 Å². The average molecular weight is 283 g/mol. The fourth-order valence-corrected chi connectivity index (χ4v) is 3.77. The predicted molar refractivity (Wildman–Crippen MR) is 80.3 cm³/mol. The van der Waals surface area contributed by atoms with Gasteiger partial charge in [0.1, 0.15) is 0 Å². The highest BCUT2D eigenvalue weighted by Gasteiger charge is 2.22. The number of aromatic amines is 1. The summed E-state index contributed by atoms with van der Waals surface area (Å²) < 4.78 is 25.4. The normalized spacial score (nSPS) is 11.6. The first-order valence-electron chi connectivity index (χ1n) is 6.17. The lowest BCUT2D eigenvalue weighted by Crippen LogP contribution is -2.01. The highest BCUT2D eigenvalue weighted by atomic mass is 32.2. The molecule has 0 spiro atoms. The summed E-state index contributed by atoms with van der Waals surface area (Å²) in [6.45, 7) is 3.75. The van der Waals surface area contributed by atoms with Crippen molar-refractivity contribution in [3.05, 3.63) is 66.9 Å². The van der Waals surface area contributed by atoms with E-state index in [2.05, 4.69) is 11.6 Å². The molecular weight excluding hydrogens is 270 g/mol. The van der Waals surface area contributed by atoms with Gasteiger partial charge in [-0.1, -0.05) is 43.0 Å². The summed E-state index contributed by atoms with van der Waals surface area (Å²) in [4.78, 5) is 3.59. The van der Waals surface area contributed by atoms with Gasteiger partial charge in [-0.05, 0) is 23.8 Å². The van der Waals surface area contributed by atoms with E-state index in [1.807, 2.05) is 18.2 Å². The van der Waals surface area contributed by atoms with Crippen molar-refractivity contribution in [3.63, 3.8) is 0 Å². The molecule has 0 amide bonds. The van der Waals surface area contributed by atoms with Gasteiger partial charge in [0.25, 0.3) is 0 Å². The lowest BCUT2D eigenvalue weighted by atomic mass is 10.1. The molecule has 0 fully saturated rings. The monoisotopic (exact) mass is 283 g/mol. The molecule has 1 N–H and O–H groups in total. The highest BCUT2D eigenvalue weighted by Crippen LogP contribution is 2.31. The third-order valence-corrected chi connectivity index (χ3v) is 5.06. The fourth-order valence-electron chi connectivity index (χ4n) is 2.29. The van der Waals surface area contributed by atoms with Crippen LogP contribution < -0.4 is 0 Å².